The molecule has 2 heterocycles. The number of morpholine rings is 1. The van der Waals surface area contributed by atoms with Gasteiger partial charge >= 0.3 is 0 Å². The van der Waals surface area contributed by atoms with E-state index in [-0.39, 0.29) is 16.5 Å². The number of aromatic nitrogens is 1. The molecule has 2 aromatic rings. The summed E-state index contributed by atoms with van der Waals surface area (Å²) in [5, 5.41) is 2.84. The zero-order valence-electron chi connectivity index (χ0n) is 16.7. The van der Waals surface area contributed by atoms with E-state index in [0.29, 0.717) is 49.2 Å². The summed E-state index contributed by atoms with van der Waals surface area (Å²) in [6, 6.07) is 7.65. The first-order valence-electron chi connectivity index (χ1n) is 9.40. The summed E-state index contributed by atoms with van der Waals surface area (Å²) in [4.78, 5) is 15.9. The third kappa shape index (κ3) is 3.99. The summed E-state index contributed by atoms with van der Waals surface area (Å²) in [6.07, 6.45) is 0. The van der Waals surface area contributed by atoms with Gasteiger partial charge in [-0.15, -0.1) is 0 Å². The first-order valence-corrected chi connectivity index (χ1v) is 10.8. The number of carbonyl (C=O) groups is 1. The highest BCUT2D eigenvalue weighted by Crippen LogP contribution is 2.27. The van der Waals surface area contributed by atoms with Gasteiger partial charge in [-0.3, -0.25) is 4.79 Å². The Morgan fingerprint density at radius 1 is 1.14 bits per heavy atom. The molecule has 7 nitrogen and oxygen atoms in total. The maximum atomic E-state index is 13.0. The van der Waals surface area contributed by atoms with Crippen LogP contribution in [-0.4, -0.2) is 49.9 Å². The Morgan fingerprint density at radius 2 is 1.75 bits per heavy atom. The van der Waals surface area contributed by atoms with Crippen molar-refractivity contribution in [3.8, 4) is 0 Å². The number of H-pyrrole nitrogens is 1. The Bertz CT molecular complexity index is 956. The van der Waals surface area contributed by atoms with Crippen LogP contribution in [0.2, 0.25) is 0 Å². The maximum absolute atomic E-state index is 13.0. The van der Waals surface area contributed by atoms with Crippen molar-refractivity contribution in [2.45, 2.75) is 38.5 Å². The number of anilines is 1. The van der Waals surface area contributed by atoms with Crippen LogP contribution in [0.5, 0.6) is 0 Å². The second-order valence-corrected chi connectivity index (χ2v) is 9.20. The van der Waals surface area contributed by atoms with E-state index in [2.05, 4.69) is 24.1 Å². The number of hydrogen-bond donors (Lipinski definition) is 2. The quantitative estimate of drug-likeness (QED) is 0.800. The number of sulfonamides is 1. The molecule has 1 saturated heterocycles. The van der Waals surface area contributed by atoms with Crippen LogP contribution in [0.25, 0.3) is 0 Å². The Morgan fingerprint density at radius 3 is 2.32 bits per heavy atom. The molecule has 0 atom stereocenters. The van der Waals surface area contributed by atoms with Crippen LogP contribution in [0.3, 0.4) is 0 Å². The van der Waals surface area contributed by atoms with Crippen LogP contribution >= 0.6 is 0 Å². The number of rotatable bonds is 5. The predicted octanol–water partition coefficient (Wildman–Crippen LogP) is 3.03. The number of nitrogens with zero attached hydrogens (tertiary/aromatic N) is 1. The SMILES string of the molecule is Cc1[nH]c(C(=O)Nc2ccc(C(C)C)cc2)c(C)c1S(=O)(=O)N1CCOCC1. The smallest absolute Gasteiger partial charge is 0.272 e. The van der Waals surface area contributed by atoms with Crippen molar-refractivity contribution in [1.29, 1.82) is 0 Å². The van der Waals surface area contributed by atoms with Crippen molar-refractivity contribution < 1.29 is 17.9 Å². The molecule has 1 aliphatic heterocycles. The number of hydrogen-bond acceptors (Lipinski definition) is 4. The minimum Gasteiger partial charge on any atom is -0.379 e. The number of ether oxygens (including phenoxy) is 1. The van der Waals surface area contributed by atoms with Gasteiger partial charge in [-0.25, -0.2) is 8.42 Å². The number of aryl methyl sites for hydroxylation is 1. The Labute approximate surface area is 166 Å². The first-order chi connectivity index (χ1) is 13.2. The van der Waals surface area contributed by atoms with E-state index in [4.69, 9.17) is 4.74 Å². The average molecular weight is 406 g/mol. The van der Waals surface area contributed by atoms with Crippen molar-refractivity contribution in [3.05, 3.63) is 46.8 Å². The monoisotopic (exact) mass is 405 g/mol. The molecule has 1 fully saturated rings. The molecule has 2 N–H and O–H groups in total. The van der Waals surface area contributed by atoms with Gasteiger partial charge in [0.05, 0.1) is 13.2 Å². The fourth-order valence-corrected chi connectivity index (χ4v) is 5.22. The van der Waals surface area contributed by atoms with Crippen LogP contribution in [0.15, 0.2) is 29.2 Å². The van der Waals surface area contributed by atoms with Crippen molar-refractivity contribution in [1.82, 2.24) is 9.29 Å². The topological polar surface area (TPSA) is 91.5 Å². The van der Waals surface area contributed by atoms with E-state index >= 15 is 0 Å². The van der Waals surface area contributed by atoms with Crippen LogP contribution in [0, 0.1) is 13.8 Å². The first kappa shape index (κ1) is 20.6. The molecule has 0 saturated carbocycles. The van der Waals surface area contributed by atoms with E-state index < -0.39 is 10.0 Å². The van der Waals surface area contributed by atoms with Gasteiger partial charge in [0.1, 0.15) is 10.6 Å². The Hall–Kier alpha value is -2.16. The zero-order valence-corrected chi connectivity index (χ0v) is 17.5. The third-order valence-corrected chi connectivity index (χ3v) is 7.17. The summed E-state index contributed by atoms with van der Waals surface area (Å²) < 4.78 is 32.7. The molecule has 0 aliphatic carbocycles. The lowest BCUT2D eigenvalue weighted by Gasteiger charge is -2.26. The number of aromatic amines is 1. The van der Waals surface area contributed by atoms with Gasteiger partial charge in [0.15, 0.2) is 0 Å². The van der Waals surface area contributed by atoms with Crippen molar-refractivity contribution in [3.63, 3.8) is 0 Å². The highest BCUT2D eigenvalue weighted by molar-refractivity contribution is 7.89. The van der Waals surface area contributed by atoms with Gasteiger partial charge in [-0.05, 0) is 43.0 Å². The van der Waals surface area contributed by atoms with Crippen molar-refractivity contribution >= 4 is 21.6 Å². The molecule has 1 aliphatic rings. The summed E-state index contributed by atoms with van der Waals surface area (Å²) >= 11 is 0. The van der Waals surface area contributed by atoms with Crippen molar-refractivity contribution in [2.24, 2.45) is 0 Å². The van der Waals surface area contributed by atoms with E-state index in [1.165, 1.54) is 9.87 Å². The van der Waals surface area contributed by atoms with E-state index in [0.717, 1.165) is 0 Å². The number of amides is 1. The molecule has 0 unspecified atom stereocenters. The molecular formula is C20H27N3O4S. The lowest BCUT2D eigenvalue weighted by Crippen LogP contribution is -2.40. The summed E-state index contributed by atoms with van der Waals surface area (Å²) in [5.41, 5.74) is 3.00. The second-order valence-electron chi connectivity index (χ2n) is 7.33. The lowest BCUT2D eigenvalue weighted by atomic mass is 10.0. The number of carbonyl (C=O) groups excluding carboxylic acids is 1. The minimum absolute atomic E-state index is 0.176. The molecule has 152 valence electrons. The number of benzene rings is 1. The molecular weight excluding hydrogens is 378 g/mol. The molecule has 1 aromatic heterocycles. The molecule has 3 rings (SSSR count). The third-order valence-electron chi connectivity index (χ3n) is 5.00. The summed E-state index contributed by atoms with van der Waals surface area (Å²) in [6.45, 7) is 8.93. The molecule has 0 radical (unpaired) electrons. The highest BCUT2D eigenvalue weighted by atomic mass is 32.2. The van der Waals surface area contributed by atoms with Gasteiger partial charge in [-0.1, -0.05) is 26.0 Å². The van der Waals surface area contributed by atoms with Crippen molar-refractivity contribution in [2.75, 3.05) is 31.6 Å². The fraction of sp³-hybridized carbons (Fsp3) is 0.450. The molecule has 1 amide bonds. The van der Waals surface area contributed by atoms with Gasteiger partial charge < -0.3 is 15.0 Å². The van der Waals surface area contributed by atoms with Crippen LogP contribution in [0.4, 0.5) is 5.69 Å². The molecule has 0 bridgehead atoms. The fourth-order valence-electron chi connectivity index (χ4n) is 3.41. The summed E-state index contributed by atoms with van der Waals surface area (Å²) in [5.74, 6) is 0.0485. The average Bonchev–Trinajstić information content (AvgIpc) is 2.98. The molecule has 8 heteroatoms. The van der Waals surface area contributed by atoms with Gasteiger partial charge in [-0.2, -0.15) is 4.31 Å². The Balaban J connectivity index is 1.85. The Kier molecular flexibility index (Phi) is 5.92. The van der Waals surface area contributed by atoms with Crippen LogP contribution in [-0.2, 0) is 14.8 Å². The number of nitrogens with one attached hydrogen (secondary N) is 2. The molecule has 28 heavy (non-hydrogen) atoms. The maximum Gasteiger partial charge on any atom is 0.272 e. The van der Waals surface area contributed by atoms with Gasteiger partial charge in [0.25, 0.3) is 5.91 Å². The van der Waals surface area contributed by atoms with Crippen LogP contribution in [0.1, 0.15) is 47.1 Å². The largest absolute Gasteiger partial charge is 0.379 e. The zero-order chi connectivity index (χ0) is 20.5. The van der Waals surface area contributed by atoms with E-state index in [1.807, 2.05) is 24.3 Å². The second kappa shape index (κ2) is 8.06. The normalized spacial score (nSPS) is 15.8. The van der Waals surface area contributed by atoms with Crippen LogP contribution < -0.4 is 5.32 Å². The lowest BCUT2D eigenvalue weighted by molar-refractivity contribution is 0.0730. The standard InChI is InChI=1S/C20H27N3O4S/c1-13(2)16-5-7-17(8-6-16)22-20(24)18-14(3)19(15(4)21-18)28(25,26)23-9-11-27-12-10-23/h5-8,13,21H,9-12H2,1-4H3,(H,22,24). The van der Waals surface area contributed by atoms with Gasteiger partial charge in [0.2, 0.25) is 10.0 Å². The summed E-state index contributed by atoms with van der Waals surface area (Å²) in [7, 11) is -3.68. The minimum atomic E-state index is -3.68. The van der Waals surface area contributed by atoms with E-state index in [9.17, 15) is 13.2 Å². The molecule has 1 aromatic carbocycles. The highest BCUT2D eigenvalue weighted by Gasteiger charge is 2.32. The van der Waals surface area contributed by atoms with Gasteiger partial charge in [0, 0.05) is 24.5 Å². The predicted molar refractivity (Wildman–Crippen MR) is 108 cm³/mol. The molecule has 0 spiro atoms. The van der Waals surface area contributed by atoms with E-state index in [1.54, 1.807) is 13.8 Å².